The average molecular weight is 411 g/mol. The lowest BCUT2D eigenvalue weighted by molar-refractivity contribution is -0.384. The zero-order chi connectivity index (χ0) is 21.5. The molecule has 0 atom stereocenters. The van der Waals surface area contributed by atoms with Crippen LogP contribution >= 0.6 is 0 Å². The molecule has 0 radical (unpaired) electrons. The second kappa shape index (κ2) is 9.87. The number of nitro benzene ring substituents is 1. The van der Waals surface area contributed by atoms with Crippen LogP contribution in [0.25, 0.3) is 0 Å². The van der Waals surface area contributed by atoms with Gasteiger partial charge in [0.1, 0.15) is 5.69 Å². The number of nitrogens with one attached hydrogen (secondary N) is 1. The second-order valence-electron chi connectivity index (χ2n) is 7.32. The van der Waals surface area contributed by atoms with E-state index in [4.69, 9.17) is 4.74 Å². The smallest absolute Gasteiger partial charge is 0.309 e. The van der Waals surface area contributed by atoms with Crippen LogP contribution < -0.4 is 10.2 Å². The number of carbonyl (C=O) groups is 2. The van der Waals surface area contributed by atoms with Gasteiger partial charge in [-0.1, -0.05) is 36.4 Å². The molecule has 0 spiro atoms. The molecule has 1 saturated heterocycles. The highest BCUT2D eigenvalue weighted by Gasteiger charge is 2.29. The Kier molecular flexibility index (Phi) is 7.00. The minimum atomic E-state index is -0.400. The van der Waals surface area contributed by atoms with Crippen molar-refractivity contribution < 1.29 is 19.2 Å². The van der Waals surface area contributed by atoms with Crippen molar-refractivity contribution in [1.29, 1.82) is 0 Å². The van der Waals surface area contributed by atoms with Gasteiger partial charge in [0.15, 0.2) is 6.61 Å². The van der Waals surface area contributed by atoms with Crippen molar-refractivity contribution >= 4 is 23.3 Å². The number of rotatable bonds is 7. The SMILES string of the molecule is Cc1ccccc1CNC(=O)COC(=O)C1CCN(c2ccccc2[N+](=O)[O-])CC1. The van der Waals surface area contributed by atoms with Crippen LogP contribution in [-0.2, 0) is 20.9 Å². The molecule has 1 fully saturated rings. The van der Waals surface area contributed by atoms with E-state index < -0.39 is 10.9 Å². The van der Waals surface area contributed by atoms with Crippen LogP contribution in [0.3, 0.4) is 0 Å². The Bertz CT molecular complexity index is 922. The highest BCUT2D eigenvalue weighted by atomic mass is 16.6. The lowest BCUT2D eigenvalue weighted by Gasteiger charge is -2.32. The molecule has 0 unspecified atom stereocenters. The molecule has 8 heteroatoms. The van der Waals surface area contributed by atoms with E-state index in [9.17, 15) is 19.7 Å². The Hall–Kier alpha value is -3.42. The Morgan fingerprint density at radius 1 is 1.13 bits per heavy atom. The molecule has 8 nitrogen and oxygen atoms in total. The van der Waals surface area contributed by atoms with E-state index in [0.717, 1.165) is 11.1 Å². The van der Waals surface area contributed by atoms with E-state index in [1.807, 2.05) is 36.1 Å². The molecule has 30 heavy (non-hydrogen) atoms. The number of aryl methyl sites for hydroxylation is 1. The molecule has 2 aromatic carbocycles. The fourth-order valence-corrected chi connectivity index (χ4v) is 3.55. The van der Waals surface area contributed by atoms with Crippen LogP contribution in [0.4, 0.5) is 11.4 Å². The molecule has 158 valence electrons. The molecule has 0 bridgehead atoms. The van der Waals surface area contributed by atoms with Gasteiger partial charge >= 0.3 is 5.97 Å². The zero-order valence-electron chi connectivity index (χ0n) is 16.9. The number of hydrogen-bond acceptors (Lipinski definition) is 6. The number of piperidine rings is 1. The van der Waals surface area contributed by atoms with Gasteiger partial charge in [0.05, 0.1) is 10.8 Å². The topological polar surface area (TPSA) is 102 Å². The normalized spacial score (nSPS) is 14.2. The molecule has 1 aliphatic rings. The summed E-state index contributed by atoms with van der Waals surface area (Å²) in [5.41, 5.74) is 2.72. The average Bonchev–Trinajstić information content (AvgIpc) is 2.77. The van der Waals surface area contributed by atoms with Gasteiger partial charge in [-0.15, -0.1) is 0 Å². The van der Waals surface area contributed by atoms with Gasteiger partial charge in [0.25, 0.3) is 11.6 Å². The summed E-state index contributed by atoms with van der Waals surface area (Å²) in [5, 5.41) is 14.0. The summed E-state index contributed by atoms with van der Waals surface area (Å²) >= 11 is 0. The van der Waals surface area contributed by atoms with Crippen LogP contribution in [-0.4, -0.2) is 36.5 Å². The third kappa shape index (κ3) is 5.34. The maximum Gasteiger partial charge on any atom is 0.309 e. The molecule has 0 aromatic heterocycles. The van der Waals surface area contributed by atoms with E-state index in [0.29, 0.717) is 38.2 Å². The number of para-hydroxylation sites is 2. The number of carbonyl (C=O) groups excluding carboxylic acids is 2. The Labute approximate surface area is 175 Å². The van der Waals surface area contributed by atoms with Crippen molar-refractivity contribution in [3.8, 4) is 0 Å². The number of hydrogen-bond donors (Lipinski definition) is 1. The largest absolute Gasteiger partial charge is 0.455 e. The van der Waals surface area contributed by atoms with Crippen molar-refractivity contribution in [2.75, 3.05) is 24.6 Å². The molecule has 1 heterocycles. The molecule has 1 amide bonds. The zero-order valence-corrected chi connectivity index (χ0v) is 16.9. The van der Waals surface area contributed by atoms with Crippen LogP contribution in [0, 0.1) is 23.0 Å². The number of nitro groups is 1. The summed E-state index contributed by atoms with van der Waals surface area (Å²) in [6.07, 6.45) is 1.05. The van der Waals surface area contributed by atoms with Crippen molar-refractivity contribution in [3.05, 3.63) is 69.8 Å². The monoisotopic (exact) mass is 411 g/mol. The summed E-state index contributed by atoms with van der Waals surface area (Å²) in [7, 11) is 0. The van der Waals surface area contributed by atoms with Gasteiger partial charge in [-0.25, -0.2) is 0 Å². The van der Waals surface area contributed by atoms with Crippen molar-refractivity contribution in [2.45, 2.75) is 26.3 Å². The molecule has 0 aliphatic carbocycles. The Morgan fingerprint density at radius 3 is 2.50 bits per heavy atom. The molecule has 0 saturated carbocycles. The summed E-state index contributed by atoms with van der Waals surface area (Å²) in [4.78, 5) is 37.0. The maximum atomic E-state index is 12.3. The van der Waals surface area contributed by atoms with Crippen LogP contribution in [0.2, 0.25) is 0 Å². The first-order chi connectivity index (χ1) is 14.5. The predicted octanol–water partition coefficient (Wildman–Crippen LogP) is 2.98. The van der Waals surface area contributed by atoms with Crippen molar-refractivity contribution in [3.63, 3.8) is 0 Å². The van der Waals surface area contributed by atoms with Gasteiger partial charge in [0.2, 0.25) is 0 Å². The Morgan fingerprint density at radius 2 is 1.80 bits per heavy atom. The van der Waals surface area contributed by atoms with E-state index >= 15 is 0 Å². The molecular formula is C22H25N3O5. The highest BCUT2D eigenvalue weighted by molar-refractivity contribution is 5.81. The third-order valence-corrected chi connectivity index (χ3v) is 5.33. The number of esters is 1. The van der Waals surface area contributed by atoms with Crippen LogP contribution in [0.1, 0.15) is 24.0 Å². The second-order valence-corrected chi connectivity index (χ2v) is 7.32. The van der Waals surface area contributed by atoms with E-state index in [1.54, 1.807) is 18.2 Å². The number of amides is 1. The quantitative estimate of drug-likeness (QED) is 0.427. The van der Waals surface area contributed by atoms with Gasteiger partial charge in [0, 0.05) is 25.7 Å². The minimum Gasteiger partial charge on any atom is -0.455 e. The van der Waals surface area contributed by atoms with Gasteiger partial charge in [-0.2, -0.15) is 0 Å². The van der Waals surface area contributed by atoms with Gasteiger partial charge in [-0.3, -0.25) is 19.7 Å². The highest BCUT2D eigenvalue weighted by Crippen LogP contribution is 2.31. The van der Waals surface area contributed by atoms with Crippen LogP contribution in [0.5, 0.6) is 0 Å². The fourth-order valence-electron chi connectivity index (χ4n) is 3.55. The van der Waals surface area contributed by atoms with Gasteiger partial charge < -0.3 is 15.0 Å². The number of benzene rings is 2. The molecule has 2 aromatic rings. The minimum absolute atomic E-state index is 0.0591. The lowest BCUT2D eigenvalue weighted by Crippen LogP contribution is -2.38. The van der Waals surface area contributed by atoms with Crippen LogP contribution in [0.15, 0.2) is 48.5 Å². The molecular weight excluding hydrogens is 386 g/mol. The first-order valence-corrected chi connectivity index (χ1v) is 9.92. The maximum absolute atomic E-state index is 12.3. The standard InChI is InChI=1S/C22H25N3O5/c1-16-6-2-3-7-18(16)14-23-21(26)15-30-22(27)17-10-12-24(13-11-17)19-8-4-5-9-20(19)25(28)29/h2-9,17H,10-15H2,1H3,(H,23,26). The summed E-state index contributed by atoms with van der Waals surface area (Å²) < 4.78 is 5.19. The summed E-state index contributed by atoms with van der Waals surface area (Å²) in [6, 6.07) is 14.3. The summed E-state index contributed by atoms with van der Waals surface area (Å²) in [6.45, 7) is 3.08. The van der Waals surface area contributed by atoms with Crippen molar-refractivity contribution in [1.82, 2.24) is 5.32 Å². The molecule has 1 aliphatic heterocycles. The molecule has 1 N–H and O–H groups in total. The van der Waals surface area contributed by atoms with Gasteiger partial charge in [-0.05, 0) is 37.0 Å². The number of nitrogens with zero attached hydrogens (tertiary/aromatic N) is 2. The Balaban J connectivity index is 1.44. The third-order valence-electron chi connectivity index (χ3n) is 5.33. The molecule has 3 rings (SSSR count). The lowest BCUT2D eigenvalue weighted by atomic mass is 9.96. The summed E-state index contributed by atoms with van der Waals surface area (Å²) in [5.74, 6) is -1.06. The van der Waals surface area contributed by atoms with E-state index in [2.05, 4.69) is 5.32 Å². The predicted molar refractivity (Wildman–Crippen MR) is 112 cm³/mol. The fraction of sp³-hybridized carbons (Fsp3) is 0.364. The van der Waals surface area contributed by atoms with E-state index in [1.165, 1.54) is 6.07 Å². The first kappa shape index (κ1) is 21.3. The number of ether oxygens (including phenoxy) is 1. The number of anilines is 1. The van der Waals surface area contributed by atoms with Crippen molar-refractivity contribution in [2.24, 2.45) is 5.92 Å². The first-order valence-electron chi connectivity index (χ1n) is 9.92. The van der Waals surface area contributed by atoms with E-state index in [-0.39, 0.29) is 24.1 Å².